The average Bonchev–Trinajstić information content (AvgIpc) is 2.80. The molecule has 0 saturated carbocycles. The molecule has 0 atom stereocenters. The van der Waals surface area contributed by atoms with Crippen LogP contribution in [0.5, 0.6) is 5.75 Å². The fourth-order valence-corrected chi connectivity index (χ4v) is 3.33. The molecule has 2 aromatic rings. The molecule has 0 aliphatic heterocycles. The molecule has 2 rings (SSSR count). The Hall–Kier alpha value is -2.86. The summed E-state index contributed by atoms with van der Waals surface area (Å²) in [6.45, 7) is 4.69. The molecule has 6 heteroatoms. The summed E-state index contributed by atoms with van der Waals surface area (Å²) in [6, 6.07) is 16.7. The molecule has 2 aromatic carbocycles. The summed E-state index contributed by atoms with van der Waals surface area (Å²) in [4.78, 5) is 28.4. The van der Waals surface area contributed by atoms with Crippen LogP contribution in [0.2, 0.25) is 0 Å². The van der Waals surface area contributed by atoms with Gasteiger partial charge in [-0.05, 0) is 36.6 Å². The number of anilines is 2. The van der Waals surface area contributed by atoms with E-state index in [4.69, 9.17) is 10.5 Å². The maximum Gasteiger partial charge on any atom is 0.264 e. The first-order valence-corrected chi connectivity index (χ1v) is 10.6. The van der Waals surface area contributed by atoms with Crippen LogP contribution in [0.4, 0.5) is 11.4 Å². The lowest BCUT2D eigenvalue weighted by Gasteiger charge is -2.26. The predicted molar refractivity (Wildman–Crippen MR) is 122 cm³/mol. The van der Waals surface area contributed by atoms with E-state index in [1.54, 1.807) is 22.9 Å². The molecule has 0 unspecified atom stereocenters. The zero-order valence-corrected chi connectivity index (χ0v) is 18.2. The normalized spacial score (nSPS) is 10.7. The second-order valence-electron chi connectivity index (χ2n) is 7.27. The summed E-state index contributed by atoms with van der Waals surface area (Å²) in [5.41, 5.74) is 7.11. The van der Waals surface area contributed by atoms with Gasteiger partial charge in [-0.3, -0.25) is 9.59 Å². The monoisotopic (exact) mass is 411 g/mol. The Labute approximate surface area is 179 Å². The number of nitrogens with zero attached hydrogens (tertiary/aromatic N) is 2. The molecule has 162 valence electrons. The minimum absolute atomic E-state index is 0.0765. The van der Waals surface area contributed by atoms with Crippen LogP contribution < -0.4 is 20.3 Å². The molecule has 0 heterocycles. The van der Waals surface area contributed by atoms with E-state index in [-0.39, 0.29) is 25.0 Å². The van der Waals surface area contributed by atoms with Crippen molar-refractivity contribution in [2.24, 2.45) is 11.7 Å². The van der Waals surface area contributed by atoms with Crippen LogP contribution in [0.1, 0.15) is 33.1 Å². The summed E-state index contributed by atoms with van der Waals surface area (Å²) in [6.07, 6.45) is 3.03. The van der Waals surface area contributed by atoms with E-state index in [0.29, 0.717) is 23.9 Å². The average molecular weight is 412 g/mol. The van der Waals surface area contributed by atoms with Crippen molar-refractivity contribution in [3.05, 3.63) is 54.6 Å². The van der Waals surface area contributed by atoms with Gasteiger partial charge < -0.3 is 20.3 Å². The zero-order valence-electron chi connectivity index (χ0n) is 18.2. The number of carbonyl (C=O) groups excluding carboxylic acids is 2. The molecule has 0 spiro atoms. The number of benzene rings is 2. The minimum atomic E-state index is -0.176. The van der Waals surface area contributed by atoms with Gasteiger partial charge in [0.25, 0.3) is 5.91 Å². The second-order valence-corrected chi connectivity index (χ2v) is 7.27. The van der Waals surface area contributed by atoms with Crippen molar-refractivity contribution in [2.45, 2.75) is 33.1 Å². The van der Waals surface area contributed by atoms with Gasteiger partial charge in [0, 0.05) is 19.3 Å². The Kier molecular flexibility index (Phi) is 9.35. The van der Waals surface area contributed by atoms with Gasteiger partial charge >= 0.3 is 0 Å². The van der Waals surface area contributed by atoms with Crippen molar-refractivity contribution in [3.8, 4) is 5.75 Å². The summed E-state index contributed by atoms with van der Waals surface area (Å²) >= 11 is 0. The van der Waals surface area contributed by atoms with Gasteiger partial charge in [-0.1, -0.05) is 57.0 Å². The van der Waals surface area contributed by atoms with E-state index >= 15 is 0 Å². The molecule has 0 radical (unpaired) electrons. The third-order valence-corrected chi connectivity index (χ3v) is 5.42. The number of nitrogens with two attached hydrogens (primary N) is 1. The van der Waals surface area contributed by atoms with E-state index < -0.39 is 0 Å². The van der Waals surface area contributed by atoms with Gasteiger partial charge in [-0.2, -0.15) is 0 Å². The first kappa shape index (κ1) is 23.4. The van der Waals surface area contributed by atoms with Crippen LogP contribution in [0.25, 0.3) is 0 Å². The summed E-state index contributed by atoms with van der Waals surface area (Å²) in [7, 11) is 1.72. The highest BCUT2D eigenvalue weighted by atomic mass is 16.5. The number of amides is 2. The van der Waals surface area contributed by atoms with Crippen molar-refractivity contribution in [1.82, 2.24) is 0 Å². The quantitative estimate of drug-likeness (QED) is 0.609. The Morgan fingerprint density at radius 1 is 0.967 bits per heavy atom. The summed E-state index contributed by atoms with van der Waals surface area (Å²) in [5.74, 6) is 0.709. The summed E-state index contributed by atoms with van der Waals surface area (Å²) < 4.78 is 5.85. The number of hydrogen-bond acceptors (Lipinski definition) is 4. The van der Waals surface area contributed by atoms with Crippen LogP contribution in [0.15, 0.2) is 54.6 Å². The lowest BCUT2D eigenvalue weighted by molar-refractivity contribution is -0.120. The topological polar surface area (TPSA) is 75.9 Å². The fourth-order valence-electron chi connectivity index (χ4n) is 3.33. The molecule has 0 aliphatic carbocycles. The van der Waals surface area contributed by atoms with Gasteiger partial charge in [-0.25, -0.2) is 0 Å². The second kappa shape index (κ2) is 12.0. The fraction of sp³-hybridized carbons (Fsp3) is 0.417. The third kappa shape index (κ3) is 6.32. The SMILES string of the molecule is CCC(CC)CCN(C(=O)CN)c1ccccc1OCC(=O)N(C)c1ccccc1. The van der Waals surface area contributed by atoms with E-state index in [0.717, 1.165) is 24.9 Å². The largest absolute Gasteiger partial charge is 0.482 e. The van der Waals surface area contributed by atoms with E-state index in [1.807, 2.05) is 48.5 Å². The lowest BCUT2D eigenvalue weighted by atomic mass is 9.99. The molecule has 2 N–H and O–H groups in total. The highest BCUT2D eigenvalue weighted by molar-refractivity contribution is 5.96. The van der Waals surface area contributed by atoms with Crippen LogP contribution in [-0.2, 0) is 9.59 Å². The standard InChI is InChI=1S/C24H33N3O3/c1-4-19(5-2)15-16-27(23(28)17-25)21-13-9-10-14-22(21)30-18-24(29)26(3)20-11-7-6-8-12-20/h6-14,19H,4-5,15-18,25H2,1-3H3. The Morgan fingerprint density at radius 2 is 1.60 bits per heavy atom. The molecule has 0 aliphatic rings. The number of para-hydroxylation sites is 3. The number of ether oxygens (including phenoxy) is 1. The number of rotatable bonds is 11. The van der Waals surface area contributed by atoms with Crippen LogP contribution >= 0.6 is 0 Å². The van der Waals surface area contributed by atoms with E-state index in [9.17, 15) is 9.59 Å². The number of carbonyl (C=O) groups is 2. The molecule has 6 nitrogen and oxygen atoms in total. The van der Waals surface area contributed by atoms with E-state index in [1.165, 1.54) is 0 Å². The molecule has 0 bridgehead atoms. The molecule has 0 fully saturated rings. The van der Waals surface area contributed by atoms with Crippen LogP contribution in [-0.4, -0.2) is 38.6 Å². The van der Waals surface area contributed by atoms with Crippen molar-refractivity contribution in [1.29, 1.82) is 0 Å². The first-order valence-electron chi connectivity index (χ1n) is 10.6. The van der Waals surface area contributed by atoms with Crippen LogP contribution in [0.3, 0.4) is 0 Å². The highest BCUT2D eigenvalue weighted by Gasteiger charge is 2.20. The van der Waals surface area contributed by atoms with Gasteiger partial charge in [0.05, 0.1) is 12.2 Å². The molecule has 0 aromatic heterocycles. The smallest absolute Gasteiger partial charge is 0.264 e. The Bertz CT molecular complexity index is 806. The lowest BCUT2D eigenvalue weighted by Crippen LogP contribution is -2.38. The Balaban J connectivity index is 2.13. The molecule has 0 saturated heterocycles. The highest BCUT2D eigenvalue weighted by Crippen LogP contribution is 2.29. The van der Waals surface area contributed by atoms with Gasteiger partial charge in [0.1, 0.15) is 5.75 Å². The summed E-state index contributed by atoms with van der Waals surface area (Å²) in [5, 5.41) is 0. The van der Waals surface area contributed by atoms with Gasteiger partial charge in [0.15, 0.2) is 6.61 Å². The first-order chi connectivity index (χ1) is 14.5. The van der Waals surface area contributed by atoms with Crippen molar-refractivity contribution < 1.29 is 14.3 Å². The van der Waals surface area contributed by atoms with Crippen molar-refractivity contribution >= 4 is 23.2 Å². The minimum Gasteiger partial charge on any atom is -0.482 e. The van der Waals surface area contributed by atoms with Crippen molar-refractivity contribution in [3.63, 3.8) is 0 Å². The van der Waals surface area contributed by atoms with E-state index in [2.05, 4.69) is 13.8 Å². The number of likely N-dealkylation sites (N-methyl/N-ethyl adjacent to an activating group) is 1. The molecule has 2 amide bonds. The Morgan fingerprint density at radius 3 is 2.23 bits per heavy atom. The maximum atomic E-state index is 12.6. The predicted octanol–water partition coefficient (Wildman–Crippen LogP) is 3.85. The van der Waals surface area contributed by atoms with Gasteiger partial charge in [0.2, 0.25) is 5.91 Å². The zero-order chi connectivity index (χ0) is 21.9. The van der Waals surface area contributed by atoms with Crippen LogP contribution in [0, 0.1) is 5.92 Å². The molecular formula is C24H33N3O3. The van der Waals surface area contributed by atoms with Crippen molar-refractivity contribution in [2.75, 3.05) is 36.5 Å². The molecular weight excluding hydrogens is 378 g/mol. The number of hydrogen-bond donors (Lipinski definition) is 1. The van der Waals surface area contributed by atoms with Gasteiger partial charge in [-0.15, -0.1) is 0 Å². The maximum absolute atomic E-state index is 12.6. The molecule has 30 heavy (non-hydrogen) atoms. The third-order valence-electron chi connectivity index (χ3n) is 5.42.